The summed E-state index contributed by atoms with van der Waals surface area (Å²) in [6.45, 7) is 3.94. The second-order valence-corrected chi connectivity index (χ2v) is 12.1. The fraction of sp³-hybridized carbons (Fsp3) is 0.407. The van der Waals surface area contributed by atoms with Crippen LogP contribution >= 0.6 is 0 Å². The van der Waals surface area contributed by atoms with Crippen molar-refractivity contribution in [1.29, 1.82) is 0 Å². The molecule has 2 aliphatic carbocycles. The summed E-state index contributed by atoms with van der Waals surface area (Å²) in [5.41, 5.74) is 2.49. The van der Waals surface area contributed by atoms with Gasteiger partial charge in [-0.1, -0.05) is 0 Å². The predicted molar refractivity (Wildman–Crippen MR) is 135 cm³/mol. The molecule has 184 valence electrons. The molecule has 35 heavy (non-hydrogen) atoms. The SMILES string of the molecule is CC(=O)c1ccc(N[C@@H]2Cc3cc4cnc(C5CC5)cc4c(S(=O)(=O)NCC(C)(C)F)c3C2)cc1. The second kappa shape index (κ2) is 8.68. The minimum atomic E-state index is -3.96. The van der Waals surface area contributed by atoms with Crippen LogP contribution in [0.1, 0.15) is 66.7 Å². The number of ketones is 1. The number of nitrogens with one attached hydrogen (secondary N) is 2. The maximum absolute atomic E-state index is 14.2. The van der Waals surface area contributed by atoms with Crippen LogP contribution in [0.2, 0.25) is 0 Å². The van der Waals surface area contributed by atoms with Gasteiger partial charge in [0.25, 0.3) is 0 Å². The summed E-state index contributed by atoms with van der Waals surface area (Å²) < 4.78 is 43.9. The van der Waals surface area contributed by atoms with Crippen LogP contribution in [0.15, 0.2) is 47.5 Å². The monoisotopic (exact) mass is 495 g/mol. The zero-order chi connectivity index (χ0) is 25.0. The van der Waals surface area contributed by atoms with Gasteiger partial charge in [0.1, 0.15) is 5.67 Å². The number of fused-ring (bicyclic) bond motifs is 2. The first-order chi connectivity index (χ1) is 16.5. The Kier molecular flexibility index (Phi) is 5.92. The minimum Gasteiger partial charge on any atom is -0.382 e. The maximum atomic E-state index is 14.2. The molecular formula is C27H30FN3O3S. The van der Waals surface area contributed by atoms with Crippen molar-refractivity contribution in [3.63, 3.8) is 0 Å². The Morgan fingerprint density at radius 1 is 1.14 bits per heavy atom. The lowest BCUT2D eigenvalue weighted by atomic mass is 10.0. The fourth-order valence-corrected chi connectivity index (χ4v) is 6.44. The first-order valence-corrected chi connectivity index (χ1v) is 13.5. The van der Waals surface area contributed by atoms with E-state index in [0.29, 0.717) is 29.7 Å². The van der Waals surface area contributed by atoms with E-state index in [1.165, 1.54) is 20.8 Å². The van der Waals surface area contributed by atoms with Gasteiger partial charge in [0, 0.05) is 52.4 Å². The molecule has 1 atom stereocenters. The van der Waals surface area contributed by atoms with Crippen LogP contribution in [0.5, 0.6) is 0 Å². The van der Waals surface area contributed by atoms with Gasteiger partial charge in [-0.2, -0.15) is 0 Å². The lowest BCUT2D eigenvalue weighted by Gasteiger charge is -2.18. The average Bonchev–Trinajstić information content (AvgIpc) is 3.56. The Bertz CT molecular complexity index is 1410. The van der Waals surface area contributed by atoms with Crippen molar-refractivity contribution in [2.24, 2.45) is 0 Å². The van der Waals surface area contributed by atoms with E-state index < -0.39 is 15.7 Å². The third-order valence-corrected chi connectivity index (χ3v) is 8.25. The van der Waals surface area contributed by atoms with E-state index in [0.717, 1.165) is 40.7 Å². The van der Waals surface area contributed by atoms with Crippen molar-refractivity contribution in [3.8, 4) is 0 Å². The molecule has 6 nitrogen and oxygen atoms in total. The fourth-order valence-electron chi connectivity index (χ4n) is 4.75. The van der Waals surface area contributed by atoms with Gasteiger partial charge < -0.3 is 5.32 Å². The van der Waals surface area contributed by atoms with E-state index >= 15 is 0 Å². The van der Waals surface area contributed by atoms with Crippen LogP contribution in [0.25, 0.3) is 10.8 Å². The number of halogens is 1. The molecular weight excluding hydrogens is 465 g/mol. The van der Waals surface area contributed by atoms with Crippen molar-refractivity contribution >= 4 is 32.3 Å². The number of benzene rings is 2. The van der Waals surface area contributed by atoms with Crippen LogP contribution < -0.4 is 10.0 Å². The average molecular weight is 496 g/mol. The van der Waals surface area contributed by atoms with Crippen molar-refractivity contribution in [1.82, 2.24) is 9.71 Å². The van der Waals surface area contributed by atoms with Gasteiger partial charge in [-0.3, -0.25) is 9.78 Å². The number of hydrogen-bond acceptors (Lipinski definition) is 5. The third-order valence-electron chi connectivity index (χ3n) is 6.72. The van der Waals surface area contributed by atoms with Gasteiger partial charge in [0.05, 0.1) is 4.90 Å². The molecule has 1 saturated carbocycles. The number of sulfonamides is 1. The number of pyridine rings is 1. The minimum absolute atomic E-state index is 0.00702. The molecule has 2 N–H and O–H groups in total. The third kappa shape index (κ3) is 5.09. The Morgan fingerprint density at radius 2 is 1.86 bits per heavy atom. The molecule has 0 bridgehead atoms. The molecule has 1 fully saturated rings. The summed E-state index contributed by atoms with van der Waals surface area (Å²) in [7, 11) is -3.96. The van der Waals surface area contributed by atoms with Gasteiger partial charge in [0.2, 0.25) is 10.0 Å². The van der Waals surface area contributed by atoms with E-state index in [-0.39, 0.29) is 23.3 Å². The number of alkyl halides is 1. The largest absolute Gasteiger partial charge is 0.382 e. The zero-order valence-corrected chi connectivity index (χ0v) is 21.0. The zero-order valence-electron chi connectivity index (χ0n) is 20.2. The molecule has 1 aromatic heterocycles. The van der Waals surface area contributed by atoms with Crippen molar-refractivity contribution in [3.05, 3.63) is 65.0 Å². The van der Waals surface area contributed by atoms with Crippen molar-refractivity contribution < 1.29 is 17.6 Å². The lowest BCUT2D eigenvalue weighted by Crippen LogP contribution is -2.36. The second-order valence-electron chi connectivity index (χ2n) is 10.4. The van der Waals surface area contributed by atoms with Crippen LogP contribution in [0.4, 0.5) is 10.1 Å². The van der Waals surface area contributed by atoms with E-state index in [4.69, 9.17) is 0 Å². The summed E-state index contributed by atoms with van der Waals surface area (Å²) in [4.78, 5) is 16.4. The topological polar surface area (TPSA) is 88.2 Å². The first kappa shape index (κ1) is 23.9. The maximum Gasteiger partial charge on any atom is 0.241 e. The standard InChI is InChI=1S/C27H30FN3O3S/c1-16(32)17-6-8-21(9-7-17)31-22-11-19-10-20-14-29-25(18-4-5-18)13-24(20)26(23(19)12-22)35(33,34)30-15-27(2,3)28/h6-10,13-14,18,22,30-31H,4-5,11-12,15H2,1-3H3/t22-/m1/s1. The number of carbonyl (C=O) groups excluding carboxylic acids is 1. The normalized spacial score (nSPS) is 18.0. The Hall–Kier alpha value is -2.84. The summed E-state index contributed by atoms with van der Waals surface area (Å²) in [6.07, 6.45) is 5.07. The van der Waals surface area contributed by atoms with Gasteiger partial charge >= 0.3 is 0 Å². The van der Waals surface area contributed by atoms with Gasteiger partial charge in [-0.15, -0.1) is 0 Å². The predicted octanol–water partition coefficient (Wildman–Crippen LogP) is 4.92. The molecule has 0 spiro atoms. The first-order valence-electron chi connectivity index (χ1n) is 12.0. The number of rotatable bonds is 8. The molecule has 0 unspecified atom stereocenters. The number of aromatic nitrogens is 1. The number of carbonyl (C=O) groups is 1. The van der Waals surface area contributed by atoms with E-state index in [2.05, 4.69) is 15.0 Å². The molecule has 3 aromatic rings. The Labute approximate surface area is 205 Å². The molecule has 0 aliphatic heterocycles. The summed E-state index contributed by atoms with van der Waals surface area (Å²) in [5, 5.41) is 4.91. The smallest absolute Gasteiger partial charge is 0.241 e. The van der Waals surface area contributed by atoms with Gasteiger partial charge in [-0.25, -0.2) is 17.5 Å². The number of nitrogens with zero attached hydrogens (tertiary/aromatic N) is 1. The highest BCUT2D eigenvalue weighted by atomic mass is 32.2. The quantitative estimate of drug-likeness (QED) is 0.433. The summed E-state index contributed by atoms with van der Waals surface area (Å²) >= 11 is 0. The van der Waals surface area contributed by atoms with E-state index in [1.54, 1.807) is 18.3 Å². The summed E-state index contributed by atoms with van der Waals surface area (Å²) in [5.74, 6) is 0.392. The number of hydrogen-bond donors (Lipinski definition) is 2. The highest BCUT2D eigenvalue weighted by Crippen LogP contribution is 2.42. The molecule has 0 radical (unpaired) electrons. The van der Waals surface area contributed by atoms with Crippen LogP contribution in [-0.2, 0) is 22.9 Å². The number of Topliss-reactive ketones (excluding diaryl/α,β-unsaturated/α-hetero) is 1. The van der Waals surface area contributed by atoms with Crippen LogP contribution in [0.3, 0.4) is 0 Å². The van der Waals surface area contributed by atoms with E-state index in [1.807, 2.05) is 24.3 Å². The van der Waals surface area contributed by atoms with Crippen molar-refractivity contribution in [2.45, 2.75) is 69.0 Å². The molecule has 2 aromatic carbocycles. The van der Waals surface area contributed by atoms with Gasteiger partial charge in [0.15, 0.2) is 5.78 Å². The van der Waals surface area contributed by atoms with Crippen LogP contribution in [0, 0.1) is 0 Å². The highest BCUT2D eigenvalue weighted by Gasteiger charge is 2.33. The van der Waals surface area contributed by atoms with Crippen molar-refractivity contribution in [2.75, 3.05) is 11.9 Å². The summed E-state index contributed by atoms with van der Waals surface area (Å²) in [6, 6.07) is 11.2. The number of anilines is 1. The highest BCUT2D eigenvalue weighted by molar-refractivity contribution is 7.89. The molecule has 0 amide bonds. The lowest BCUT2D eigenvalue weighted by molar-refractivity contribution is 0.101. The molecule has 1 heterocycles. The van der Waals surface area contributed by atoms with Gasteiger partial charge in [-0.05, 0) is 94.0 Å². The van der Waals surface area contributed by atoms with Crippen LogP contribution in [-0.4, -0.2) is 37.4 Å². The molecule has 5 rings (SSSR count). The van der Waals surface area contributed by atoms with E-state index in [9.17, 15) is 17.6 Å². The Balaban J connectivity index is 1.52. The molecule has 8 heteroatoms. The molecule has 0 saturated heterocycles. The Morgan fingerprint density at radius 3 is 2.49 bits per heavy atom. The molecule has 2 aliphatic rings.